The average molecular weight is 569 g/mol. The van der Waals surface area contributed by atoms with Crippen LogP contribution in [-0.2, 0) is 6.54 Å². The van der Waals surface area contributed by atoms with Gasteiger partial charge < -0.3 is 15.0 Å². The van der Waals surface area contributed by atoms with E-state index in [0.29, 0.717) is 41.8 Å². The number of carbonyl (C=O) groups excluding carboxylic acids is 1. The molecule has 0 unspecified atom stereocenters. The number of nitrogens with one attached hydrogen (secondary N) is 1. The summed E-state index contributed by atoms with van der Waals surface area (Å²) in [6, 6.07) is 12.6. The van der Waals surface area contributed by atoms with Gasteiger partial charge in [0.1, 0.15) is 29.5 Å². The minimum Gasteiger partial charge on any atom is -0.492 e. The predicted octanol–water partition coefficient (Wildman–Crippen LogP) is 4.02. The number of carbonyl (C=O) groups is 1. The normalized spacial score (nSPS) is 16.3. The van der Waals surface area contributed by atoms with Gasteiger partial charge in [-0.15, -0.1) is 0 Å². The maximum absolute atomic E-state index is 13.5. The summed E-state index contributed by atoms with van der Waals surface area (Å²) in [5.74, 6) is 0.466. The van der Waals surface area contributed by atoms with Crippen LogP contribution in [0.15, 0.2) is 61.1 Å². The number of aromatic nitrogens is 5. The highest BCUT2D eigenvalue weighted by molar-refractivity contribution is 6.09. The molecule has 1 aliphatic heterocycles. The van der Waals surface area contributed by atoms with Gasteiger partial charge in [0.2, 0.25) is 0 Å². The molecule has 5 heterocycles. The molecule has 2 aliphatic rings. The van der Waals surface area contributed by atoms with Gasteiger partial charge in [0.25, 0.3) is 5.91 Å². The first-order valence-electron chi connectivity index (χ1n) is 14.4. The maximum atomic E-state index is 13.5. The van der Waals surface area contributed by atoms with E-state index in [1.54, 1.807) is 16.7 Å². The van der Waals surface area contributed by atoms with Gasteiger partial charge in [-0.3, -0.25) is 23.8 Å². The predicted molar refractivity (Wildman–Crippen MR) is 158 cm³/mol. The van der Waals surface area contributed by atoms with Crippen molar-refractivity contribution in [2.45, 2.75) is 25.3 Å². The van der Waals surface area contributed by atoms with Crippen molar-refractivity contribution in [1.29, 1.82) is 0 Å². The van der Waals surface area contributed by atoms with Gasteiger partial charge in [-0.05, 0) is 50.2 Å². The number of piperazine rings is 1. The Bertz CT molecular complexity index is 1740. The third-order valence-electron chi connectivity index (χ3n) is 8.11. The second-order valence-corrected chi connectivity index (χ2v) is 11.2. The summed E-state index contributed by atoms with van der Waals surface area (Å²) < 4.78 is 23.1. The van der Waals surface area contributed by atoms with Gasteiger partial charge >= 0.3 is 0 Å². The van der Waals surface area contributed by atoms with Crippen molar-refractivity contribution in [3.8, 4) is 5.75 Å². The Kier molecular flexibility index (Phi) is 7.04. The van der Waals surface area contributed by atoms with Crippen molar-refractivity contribution in [3.05, 3.63) is 84.0 Å². The number of nitrogens with zero attached hydrogens (tertiary/aromatic N) is 7. The van der Waals surface area contributed by atoms with E-state index < -0.39 is 0 Å². The highest BCUT2D eigenvalue weighted by atomic mass is 19.1. The second kappa shape index (κ2) is 11.1. The molecule has 11 heteroatoms. The van der Waals surface area contributed by atoms with E-state index in [0.717, 1.165) is 67.9 Å². The zero-order valence-electron chi connectivity index (χ0n) is 23.5. The Balaban J connectivity index is 1.08. The Morgan fingerprint density at radius 1 is 1.07 bits per heavy atom. The number of anilines is 1. The van der Waals surface area contributed by atoms with Gasteiger partial charge in [-0.25, -0.2) is 9.37 Å². The van der Waals surface area contributed by atoms with Gasteiger partial charge in [0.15, 0.2) is 0 Å². The summed E-state index contributed by atoms with van der Waals surface area (Å²) in [6.45, 7) is 6.17. The molecule has 4 aromatic heterocycles. The molecule has 1 aliphatic carbocycles. The van der Waals surface area contributed by atoms with E-state index in [4.69, 9.17) is 9.84 Å². The summed E-state index contributed by atoms with van der Waals surface area (Å²) >= 11 is 0. The highest BCUT2D eigenvalue weighted by Gasteiger charge is 2.31. The first-order chi connectivity index (χ1) is 20.5. The monoisotopic (exact) mass is 568 g/mol. The number of benzene rings is 1. The smallest absolute Gasteiger partial charge is 0.274 e. The maximum Gasteiger partial charge on any atom is 0.274 e. The molecule has 0 radical (unpaired) electrons. The third-order valence-corrected chi connectivity index (χ3v) is 8.11. The van der Waals surface area contributed by atoms with Crippen molar-refractivity contribution >= 4 is 28.1 Å². The van der Waals surface area contributed by atoms with Crippen LogP contribution in [0.3, 0.4) is 0 Å². The highest BCUT2D eigenvalue weighted by Crippen LogP contribution is 2.44. The van der Waals surface area contributed by atoms with Gasteiger partial charge in [0.05, 0.1) is 41.5 Å². The number of likely N-dealkylation sites (N-methyl/N-ethyl adjacent to an activating group) is 1. The quantitative estimate of drug-likeness (QED) is 0.287. The lowest BCUT2D eigenvalue weighted by atomic mass is 10.1. The lowest BCUT2D eigenvalue weighted by molar-refractivity contribution is 0.102. The summed E-state index contributed by atoms with van der Waals surface area (Å²) in [7, 11) is 2.15. The number of hydrogen-bond donors (Lipinski definition) is 1. The van der Waals surface area contributed by atoms with E-state index in [2.05, 4.69) is 32.1 Å². The van der Waals surface area contributed by atoms with Crippen LogP contribution in [0.1, 0.15) is 40.6 Å². The summed E-state index contributed by atoms with van der Waals surface area (Å²) in [4.78, 5) is 27.0. The molecule has 2 fully saturated rings. The van der Waals surface area contributed by atoms with E-state index in [-0.39, 0.29) is 11.7 Å². The fraction of sp³-hybridized carbons (Fsp3) is 0.355. The largest absolute Gasteiger partial charge is 0.492 e. The first-order valence-corrected chi connectivity index (χ1v) is 14.4. The molecule has 42 heavy (non-hydrogen) atoms. The van der Waals surface area contributed by atoms with E-state index >= 15 is 0 Å². The summed E-state index contributed by atoms with van der Waals surface area (Å²) in [6.07, 6.45) is 6.76. The SMILES string of the molecule is CN1CCN(CCOc2ccn3c(C(=O)Nc4cccc5c4c(C4CC4)nn5Cc4ccc(F)cn4)cnc3c2)CC1. The van der Waals surface area contributed by atoms with Crippen LogP contribution in [0.2, 0.25) is 0 Å². The number of ether oxygens (including phenoxy) is 1. The van der Waals surface area contributed by atoms with Gasteiger partial charge in [0, 0.05) is 56.3 Å². The third kappa shape index (κ3) is 5.45. The van der Waals surface area contributed by atoms with Gasteiger partial charge in [-0.2, -0.15) is 5.10 Å². The number of imidazole rings is 1. The van der Waals surface area contributed by atoms with Crippen molar-refractivity contribution < 1.29 is 13.9 Å². The molecule has 1 aromatic carbocycles. The van der Waals surface area contributed by atoms with Crippen LogP contribution in [0.5, 0.6) is 5.75 Å². The number of amides is 1. The molecule has 0 atom stereocenters. The zero-order valence-corrected chi connectivity index (χ0v) is 23.5. The molecule has 10 nitrogen and oxygen atoms in total. The van der Waals surface area contributed by atoms with Crippen molar-refractivity contribution in [2.75, 3.05) is 51.7 Å². The minimum atomic E-state index is -0.370. The summed E-state index contributed by atoms with van der Waals surface area (Å²) in [5, 5.41) is 8.96. The Labute approximate surface area is 242 Å². The van der Waals surface area contributed by atoms with Crippen LogP contribution < -0.4 is 10.1 Å². The topological polar surface area (TPSA) is 92.8 Å². The molecule has 1 saturated carbocycles. The number of fused-ring (bicyclic) bond motifs is 2. The van der Waals surface area contributed by atoms with Crippen molar-refractivity contribution in [2.24, 2.45) is 0 Å². The lowest BCUT2D eigenvalue weighted by Crippen LogP contribution is -2.45. The number of rotatable bonds is 9. The number of hydrogen-bond acceptors (Lipinski definition) is 7. The minimum absolute atomic E-state index is 0.256. The molecular weight excluding hydrogens is 535 g/mol. The van der Waals surface area contributed by atoms with Crippen LogP contribution in [-0.4, -0.2) is 86.2 Å². The Morgan fingerprint density at radius 3 is 2.71 bits per heavy atom. The second-order valence-electron chi connectivity index (χ2n) is 11.2. The molecular formula is C31H33FN8O2. The summed E-state index contributed by atoms with van der Waals surface area (Å²) in [5.41, 5.74) is 4.37. The molecule has 0 bridgehead atoms. The van der Waals surface area contributed by atoms with Crippen LogP contribution >= 0.6 is 0 Å². The van der Waals surface area contributed by atoms with E-state index in [1.807, 2.05) is 41.2 Å². The molecule has 1 amide bonds. The molecule has 0 spiro atoms. The van der Waals surface area contributed by atoms with Crippen LogP contribution in [0.25, 0.3) is 16.6 Å². The Hall–Kier alpha value is -4.35. The molecule has 216 valence electrons. The fourth-order valence-electron chi connectivity index (χ4n) is 5.55. The lowest BCUT2D eigenvalue weighted by Gasteiger charge is -2.32. The number of halogens is 1. The van der Waals surface area contributed by atoms with Crippen molar-refractivity contribution in [1.82, 2.24) is 33.9 Å². The van der Waals surface area contributed by atoms with E-state index in [9.17, 15) is 9.18 Å². The molecule has 5 aromatic rings. The average Bonchev–Trinajstić information content (AvgIpc) is 3.65. The fourth-order valence-corrected chi connectivity index (χ4v) is 5.55. The first kappa shape index (κ1) is 26.5. The molecule has 1 N–H and O–H groups in total. The van der Waals surface area contributed by atoms with Gasteiger partial charge in [-0.1, -0.05) is 6.07 Å². The number of pyridine rings is 2. The van der Waals surface area contributed by atoms with Crippen molar-refractivity contribution in [3.63, 3.8) is 0 Å². The van der Waals surface area contributed by atoms with Crippen LogP contribution in [0, 0.1) is 5.82 Å². The van der Waals surface area contributed by atoms with E-state index in [1.165, 1.54) is 12.3 Å². The van der Waals surface area contributed by atoms with Crippen LogP contribution in [0.4, 0.5) is 10.1 Å². The zero-order chi connectivity index (χ0) is 28.6. The standard InChI is InChI=1S/C31H33FN8O2/c1-37-11-13-38(14-12-37)15-16-42-24-9-10-39-27(19-34-28(39)17-24)31(41)35-25-3-2-4-26-29(25)30(21-5-6-21)36-40(26)20-23-8-7-22(32)18-33-23/h2-4,7-10,17-19,21H,5-6,11-16,20H2,1H3,(H,35,41). The molecule has 7 rings (SSSR count). The Morgan fingerprint density at radius 2 is 1.93 bits per heavy atom. The molecule has 1 saturated heterocycles.